The van der Waals surface area contributed by atoms with E-state index in [9.17, 15) is 19.5 Å². The number of likely N-dealkylation sites (tertiary alicyclic amines) is 1. The summed E-state index contributed by atoms with van der Waals surface area (Å²) in [5.74, 6) is -1.44. The maximum atomic E-state index is 14.9. The van der Waals surface area contributed by atoms with Gasteiger partial charge < -0.3 is 20.1 Å². The zero-order chi connectivity index (χ0) is 31.9. The monoisotopic (exact) mass is 612 g/mol. The fraction of sp³-hybridized carbons (Fsp3) is 0.256. The Hall–Kier alpha value is -5.17. The molecule has 232 valence electrons. The second-order valence-corrected chi connectivity index (χ2v) is 12.6. The van der Waals surface area contributed by atoms with Gasteiger partial charge in [0.05, 0.1) is 12.5 Å². The first-order chi connectivity index (χ1) is 22.4. The van der Waals surface area contributed by atoms with Gasteiger partial charge >= 0.3 is 5.97 Å². The van der Waals surface area contributed by atoms with Crippen LogP contribution >= 0.6 is 0 Å². The highest BCUT2D eigenvalue weighted by Crippen LogP contribution is 2.69. The lowest BCUT2D eigenvalue weighted by atomic mass is 9.42. The smallest absolute Gasteiger partial charge is 0.330 e. The van der Waals surface area contributed by atoms with Gasteiger partial charge in [0, 0.05) is 42.0 Å². The number of carbonyl (C=O) groups is 3. The lowest BCUT2D eigenvalue weighted by molar-refractivity contribution is -0.147. The summed E-state index contributed by atoms with van der Waals surface area (Å²) in [6.07, 6.45) is 4.88. The molecule has 2 amide bonds. The molecule has 1 saturated carbocycles. The number of para-hydroxylation sites is 1. The summed E-state index contributed by atoms with van der Waals surface area (Å²) in [5.41, 5.74) is 3.12. The maximum Gasteiger partial charge on any atom is 0.330 e. The number of amides is 2. The first kappa shape index (κ1) is 29.5. The average molecular weight is 613 g/mol. The molecule has 0 unspecified atom stereocenters. The summed E-state index contributed by atoms with van der Waals surface area (Å²) in [6.45, 7) is 0.554. The van der Waals surface area contributed by atoms with E-state index in [2.05, 4.69) is 35.6 Å². The third-order valence-electron chi connectivity index (χ3n) is 10.6. The second kappa shape index (κ2) is 11.6. The minimum Gasteiger partial charge on any atom is -0.496 e. The van der Waals surface area contributed by atoms with Crippen LogP contribution < -0.4 is 10.1 Å². The number of methoxy groups -OCH3 is 1. The van der Waals surface area contributed by atoms with Crippen LogP contribution in [0.15, 0.2) is 115 Å². The van der Waals surface area contributed by atoms with Gasteiger partial charge in [-0.15, -0.1) is 0 Å². The van der Waals surface area contributed by atoms with Crippen molar-refractivity contribution in [2.24, 2.45) is 11.3 Å². The molecule has 4 aromatic rings. The fourth-order valence-corrected chi connectivity index (χ4v) is 8.65. The van der Waals surface area contributed by atoms with Crippen LogP contribution in [0.5, 0.6) is 5.75 Å². The lowest BCUT2D eigenvalue weighted by Crippen LogP contribution is -2.63. The zero-order valence-electron chi connectivity index (χ0n) is 25.6. The molecule has 3 aliphatic carbocycles. The Kier molecular flexibility index (Phi) is 7.47. The normalized spacial score (nSPS) is 25.0. The van der Waals surface area contributed by atoms with Gasteiger partial charge in [0.25, 0.3) is 0 Å². The van der Waals surface area contributed by atoms with Gasteiger partial charge in [-0.25, -0.2) is 4.79 Å². The Bertz CT molecular complexity index is 1820. The fourth-order valence-electron chi connectivity index (χ4n) is 8.65. The molecule has 1 saturated heterocycles. The van der Waals surface area contributed by atoms with E-state index in [1.54, 1.807) is 48.4 Å². The second-order valence-electron chi connectivity index (χ2n) is 12.6. The first-order valence-electron chi connectivity index (χ1n) is 15.7. The van der Waals surface area contributed by atoms with Crippen LogP contribution in [-0.4, -0.2) is 48.0 Å². The van der Waals surface area contributed by atoms with Crippen molar-refractivity contribution in [3.05, 3.63) is 143 Å². The van der Waals surface area contributed by atoms with E-state index in [1.807, 2.05) is 54.6 Å². The average Bonchev–Trinajstić information content (AvgIpc) is 3.54. The van der Waals surface area contributed by atoms with Gasteiger partial charge in [0.1, 0.15) is 5.75 Å². The highest BCUT2D eigenvalue weighted by Gasteiger charge is 2.70. The molecular weight excluding hydrogens is 576 g/mol. The van der Waals surface area contributed by atoms with E-state index < -0.39 is 22.8 Å². The molecule has 4 aliphatic rings. The van der Waals surface area contributed by atoms with E-state index in [1.165, 1.54) is 5.56 Å². The molecule has 0 aromatic heterocycles. The van der Waals surface area contributed by atoms with E-state index in [0.29, 0.717) is 17.9 Å². The van der Waals surface area contributed by atoms with Crippen LogP contribution in [0.1, 0.15) is 52.6 Å². The van der Waals surface area contributed by atoms with Crippen LogP contribution in [0.25, 0.3) is 6.08 Å². The number of fused-ring (bicyclic) bond motifs is 1. The topological polar surface area (TPSA) is 95.9 Å². The number of rotatable bonds is 8. The van der Waals surface area contributed by atoms with Crippen LogP contribution in [0.3, 0.4) is 0 Å². The van der Waals surface area contributed by atoms with Crippen molar-refractivity contribution in [2.45, 2.75) is 30.2 Å². The Balaban J connectivity index is 1.35. The van der Waals surface area contributed by atoms with Crippen LogP contribution in [0.2, 0.25) is 0 Å². The number of ether oxygens (including phenoxy) is 1. The minimum absolute atomic E-state index is 0.180. The number of nitrogens with one attached hydrogen (secondary N) is 1. The molecule has 2 bridgehead atoms. The Morgan fingerprint density at radius 1 is 0.913 bits per heavy atom. The molecule has 0 spiro atoms. The van der Waals surface area contributed by atoms with Gasteiger partial charge in [-0.2, -0.15) is 0 Å². The van der Waals surface area contributed by atoms with Gasteiger partial charge in [0.15, 0.2) is 6.04 Å². The third kappa shape index (κ3) is 4.52. The molecule has 2 fully saturated rings. The Labute approximate surface area is 268 Å². The van der Waals surface area contributed by atoms with Gasteiger partial charge in [-0.05, 0) is 47.2 Å². The molecule has 0 radical (unpaired) electrons. The SMILES string of the molecule is COc1ccccc1C=CC(=O)N1C[C@H]2[C@@]3(c4ccccc4)CC[C@H](c4ccccc43)[C@@]2(C(=O)N[C@H](C(=O)O)c2ccccc2)C1. The Morgan fingerprint density at radius 2 is 1.59 bits per heavy atom. The van der Waals surface area contributed by atoms with Gasteiger partial charge in [-0.3, -0.25) is 9.59 Å². The van der Waals surface area contributed by atoms with Crippen molar-refractivity contribution in [1.29, 1.82) is 0 Å². The molecule has 1 aliphatic heterocycles. The predicted octanol–water partition coefficient (Wildman–Crippen LogP) is 5.97. The predicted molar refractivity (Wildman–Crippen MR) is 175 cm³/mol. The van der Waals surface area contributed by atoms with E-state index in [-0.39, 0.29) is 30.2 Å². The number of carbonyl (C=O) groups excluding carboxylic acids is 2. The molecule has 7 heteroatoms. The molecule has 1 heterocycles. The van der Waals surface area contributed by atoms with Crippen molar-refractivity contribution >= 4 is 23.9 Å². The van der Waals surface area contributed by atoms with E-state index >= 15 is 0 Å². The number of aliphatic carboxylic acids is 1. The van der Waals surface area contributed by atoms with Crippen molar-refractivity contribution in [3.8, 4) is 5.75 Å². The molecular formula is C39H36N2O5. The zero-order valence-corrected chi connectivity index (χ0v) is 25.6. The molecule has 7 nitrogen and oxygen atoms in total. The summed E-state index contributed by atoms with van der Waals surface area (Å²) in [4.78, 5) is 43.3. The Morgan fingerprint density at radius 3 is 2.33 bits per heavy atom. The quantitative estimate of drug-likeness (QED) is 0.239. The highest BCUT2D eigenvalue weighted by molar-refractivity contribution is 5.95. The van der Waals surface area contributed by atoms with E-state index in [4.69, 9.17) is 4.74 Å². The van der Waals surface area contributed by atoms with Crippen LogP contribution in [-0.2, 0) is 19.8 Å². The number of carboxylic acid groups (broad SMARTS) is 1. The standard InChI is InChI=1S/C39H36N2O5/c1-46-32-19-11-8-12-26(32)20-21-34(42)41-24-33-38(28-15-6-3-7-16-28)23-22-31(29-17-9-10-18-30(29)38)39(33,25-41)37(45)40-35(36(43)44)27-13-4-2-5-14-27/h2-21,31,33,35H,22-25H2,1H3,(H,40,45)(H,43,44)/t31-,33+,35+,38-,39+/m1/s1. The molecule has 46 heavy (non-hydrogen) atoms. The van der Waals surface area contributed by atoms with Crippen molar-refractivity contribution in [3.63, 3.8) is 0 Å². The summed E-state index contributed by atoms with van der Waals surface area (Å²) < 4.78 is 5.48. The van der Waals surface area contributed by atoms with Crippen molar-refractivity contribution in [2.75, 3.05) is 20.2 Å². The number of hydrogen-bond acceptors (Lipinski definition) is 4. The summed E-state index contributed by atoms with van der Waals surface area (Å²) >= 11 is 0. The number of hydrogen-bond donors (Lipinski definition) is 2. The maximum absolute atomic E-state index is 14.9. The van der Waals surface area contributed by atoms with Gasteiger partial charge in [-0.1, -0.05) is 103 Å². The van der Waals surface area contributed by atoms with E-state index in [0.717, 1.165) is 29.5 Å². The summed E-state index contributed by atoms with van der Waals surface area (Å²) in [5, 5.41) is 13.3. The number of benzene rings is 4. The minimum atomic E-state index is -1.22. The highest BCUT2D eigenvalue weighted by atomic mass is 16.5. The van der Waals surface area contributed by atoms with Crippen molar-refractivity contribution < 1.29 is 24.2 Å². The van der Waals surface area contributed by atoms with Crippen molar-refractivity contribution in [1.82, 2.24) is 10.2 Å². The molecule has 5 atom stereocenters. The summed E-state index contributed by atoms with van der Waals surface area (Å²) in [7, 11) is 1.60. The lowest BCUT2D eigenvalue weighted by Gasteiger charge is -2.60. The molecule has 4 aromatic carbocycles. The summed E-state index contributed by atoms with van der Waals surface area (Å²) in [6, 6.07) is 33.7. The number of carboxylic acids is 1. The van der Waals surface area contributed by atoms with Gasteiger partial charge in [0.2, 0.25) is 11.8 Å². The van der Waals surface area contributed by atoms with Crippen LogP contribution in [0.4, 0.5) is 0 Å². The first-order valence-corrected chi connectivity index (χ1v) is 15.7. The molecule has 2 N–H and O–H groups in total. The molecule has 8 rings (SSSR count). The third-order valence-corrected chi connectivity index (χ3v) is 10.6. The largest absolute Gasteiger partial charge is 0.496 e. The number of nitrogens with zero attached hydrogens (tertiary/aromatic N) is 1. The van der Waals surface area contributed by atoms with Crippen LogP contribution in [0, 0.1) is 11.3 Å².